The molecule has 3 aromatic rings. The van der Waals surface area contributed by atoms with Crippen molar-refractivity contribution < 1.29 is 9.53 Å². The summed E-state index contributed by atoms with van der Waals surface area (Å²) in [6, 6.07) is 17.3. The second-order valence-corrected chi connectivity index (χ2v) is 5.59. The average Bonchev–Trinajstić information content (AvgIpc) is 3.11. The normalized spacial score (nSPS) is 10.8. The van der Waals surface area contributed by atoms with Gasteiger partial charge in [0.25, 0.3) is 5.91 Å². The molecule has 5 nitrogen and oxygen atoms in total. The molecule has 0 atom stereocenters. The molecular weight excluding hydrogens is 314 g/mol. The van der Waals surface area contributed by atoms with Crippen molar-refractivity contribution in [2.75, 3.05) is 7.11 Å². The molecule has 1 heterocycles. The van der Waals surface area contributed by atoms with Gasteiger partial charge in [-0.05, 0) is 42.8 Å². The third kappa shape index (κ3) is 3.95. The van der Waals surface area contributed by atoms with E-state index in [-0.39, 0.29) is 5.91 Å². The first-order chi connectivity index (χ1) is 12.2. The number of benzene rings is 2. The maximum absolute atomic E-state index is 12.2. The van der Waals surface area contributed by atoms with Crippen LogP contribution in [-0.4, -0.2) is 23.8 Å². The number of hydrazone groups is 1. The number of methoxy groups -OCH3 is 1. The number of aromatic nitrogens is 1. The lowest BCUT2D eigenvalue weighted by molar-refractivity contribution is 0.0952. The van der Waals surface area contributed by atoms with E-state index in [9.17, 15) is 4.79 Å². The summed E-state index contributed by atoms with van der Waals surface area (Å²) in [5.74, 6) is 0.221. The van der Waals surface area contributed by atoms with Gasteiger partial charge in [0.2, 0.25) is 0 Å². The Morgan fingerprint density at radius 1 is 1.16 bits per heavy atom. The lowest BCUT2D eigenvalue weighted by Crippen LogP contribution is -2.18. The van der Waals surface area contributed by atoms with Crippen LogP contribution in [0, 0.1) is 6.92 Å². The number of aryl methyl sites for hydroxylation is 1. The quantitative estimate of drug-likeness (QED) is 0.573. The minimum absolute atomic E-state index is 0.310. The summed E-state index contributed by atoms with van der Waals surface area (Å²) in [5.41, 5.74) is 5.96. The van der Waals surface area contributed by atoms with Crippen molar-refractivity contribution >= 4 is 12.1 Å². The van der Waals surface area contributed by atoms with Crippen molar-refractivity contribution in [3.05, 3.63) is 83.7 Å². The second kappa shape index (κ2) is 7.49. The number of carbonyl (C=O) groups excluding carboxylic acids is 1. The molecule has 126 valence electrons. The van der Waals surface area contributed by atoms with E-state index in [0.717, 1.165) is 16.8 Å². The van der Waals surface area contributed by atoms with Crippen LogP contribution in [0.5, 0.6) is 5.75 Å². The molecular formula is C20H19N3O2. The van der Waals surface area contributed by atoms with Crippen molar-refractivity contribution in [3.63, 3.8) is 0 Å². The minimum atomic E-state index is -0.310. The number of ether oxygens (including phenoxy) is 1. The molecule has 2 aromatic carbocycles. The maximum atomic E-state index is 12.2. The van der Waals surface area contributed by atoms with Crippen LogP contribution in [0.1, 0.15) is 21.5 Å². The highest BCUT2D eigenvalue weighted by Gasteiger charge is 2.11. The number of para-hydroxylation sites is 1. The second-order valence-electron chi connectivity index (χ2n) is 5.59. The first kappa shape index (κ1) is 16.5. The minimum Gasteiger partial charge on any atom is -0.496 e. The molecule has 0 saturated heterocycles. The van der Waals surface area contributed by atoms with Crippen LogP contribution in [0.25, 0.3) is 5.69 Å². The fourth-order valence-corrected chi connectivity index (χ4v) is 2.46. The molecule has 0 spiro atoms. The van der Waals surface area contributed by atoms with Gasteiger partial charge in [0.15, 0.2) is 0 Å². The summed E-state index contributed by atoms with van der Waals surface area (Å²) in [6.07, 6.45) is 5.50. The largest absolute Gasteiger partial charge is 0.496 e. The topological polar surface area (TPSA) is 55.6 Å². The first-order valence-corrected chi connectivity index (χ1v) is 7.89. The van der Waals surface area contributed by atoms with Gasteiger partial charge >= 0.3 is 0 Å². The molecule has 0 aliphatic carbocycles. The Labute approximate surface area is 146 Å². The van der Waals surface area contributed by atoms with Crippen molar-refractivity contribution in [1.82, 2.24) is 9.99 Å². The standard InChI is InChI=1S/C20H19N3O2/c1-15-8-9-18(19(12-15)25-2)20(24)22-21-13-16-10-11-23(14-16)17-6-4-3-5-7-17/h3-14H,1-2H3,(H,22,24)/b21-13-. The maximum Gasteiger partial charge on any atom is 0.275 e. The molecule has 0 fully saturated rings. The number of rotatable bonds is 5. The van der Waals surface area contributed by atoms with E-state index in [2.05, 4.69) is 10.5 Å². The predicted molar refractivity (Wildman–Crippen MR) is 98.6 cm³/mol. The molecule has 0 bridgehead atoms. The first-order valence-electron chi connectivity index (χ1n) is 7.89. The Hall–Kier alpha value is -3.34. The summed E-state index contributed by atoms with van der Waals surface area (Å²) in [4.78, 5) is 12.2. The fourth-order valence-electron chi connectivity index (χ4n) is 2.46. The zero-order valence-electron chi connectivity index (χ0n) is 14.1. The van der Waals surface area contributed by atoms with Crippen LogP contribution in [0.4, 0.5) is 0 Å². The van der Waals surface area contributed by atoms with E-state index >= 15 is 0 Å². The van der Waals surface area contributed by atoms with E-state index in [4.69, 9.17) is 4.74 Å². The zero-order chi connectivity index (χ0) is 17.6. The van der Waals surface area contributed by atoms with E-state index in [1.165, 1.54) is 0 Å². The zero-order valence-corrected chi connectivity index (χ0v) is 14.1. The van der Waals surface area contributed by atoms with Gasteiger partial charge in [0.05, 0.1) is 18.9 Å². The van der Waals surface area contributed by atoms with Gasteiger partial charge in [-0.25, -0.2) is 5.43 Å². The summed E-state index contributed by atoms with van der Waals surface area (Å²) in [6.45, 7) is 1.94. The molecule has 0 unspecified atom stereocenters. The third-order valence-corrected chi connectivity index (χ3v) is 3.75. The van der Waals surface area contributed by atoms with Crippen molar-refractivity contribution in [3.8, 4) is 11.4 Å². The van der Waals surface area contributed by atoms with Crippen LogP contribution in [0.2, 0.25) is 0 Å². The number of hydrogen-bond acceptors (Lipinski definition) is 3. The van der Waals surface area contributed by atoms with Gasteiger partial charge in [0, 0.05) is 23.6 Å². The Morgan fingerprint density at radius 3 is 2.72 bits per heavy atom. The van der Waals surface area contributed by atoms with Crippen LogP contribution < -0.4 is 10.2 Å². The molecule has 5 heteroatoms. The van der Waals surface area contributed by atoms with E-state index in [0.29, 0.717) is 11.3 Å². The lowest BCUT2D eigenvalue weighted by Gasteiger charge is -2.07. The van der Waals surface area contributed by atoms with Gasteiger partial charge in [-0.1, -0.05) is 24.3 Å². The summed E-state index contributed by atoms with van der Waals surface area (Å²) >= 11 is 0. The van der Waals surface area contributed by atoms with Gasteiger partial charge in [-0.2, -0.15) is 5.10 Å². The predicted octanol–water partition coefficient (Wildman–Crippen LogP) is 3.56. The number of hydrogen-bond donors (Lipinski definition) is 1. The van der Waals surface area contributed by atoms with Crippen molar-refractivity contribution in [2.45, 2.75) is 6.92 Å². The van der Waals surface area contributed by atoms with Crippen LogP contribution in [-0.2, 0) is 0 Å². The highest BCUT2D eigenvalue weighted by molar-refractivity contribution is 5.97. The number of carbonyl (C=O) groups is 1. The molecule has 3 rings (SSSR count). The van der Waals surface area contributed by atoms with Crippen molar-refractivity contribution in [2.24, 2.45) is 5.10 Å². The van der Waals surface area contributed by atoms with Gasteiger partial charge in [0.1, 0.15) is 5.75 Å². The average molecular weight is 333 g/mol. The van der Waals surface area contributed by atoms with Crippen LogP contribution >= 0.6 is 0 Å². The highest BCUT2D eigenvalue weighted by Crippen LogP contribution is 2.19. The Bertz CT molecular complexity index is 898. The molecule has 0 aliphatic heterocycles. The smallest absolute Gasteiger partial charge is 0.275 e. The molecule has 0 aliphatic rings. The van der Waals surface area contributed by atoms with Crippen LogP contribution in [0.3, 0.4) is 0 Å². The SMILES string of the molecule is COc1cc(C)ccc1C(=O)N/N=C\c1ccn(-c2ccccc2)c1. The lowest BCUT2D eigenvalue weighted by atomic mass is 10.1. The van der Waals surface area contributed by atoms with Gasteiger partial charge in [-0.15, -0.1) is 0 Å². The van der Waals surface area contributed by atoms with Gasteiger partial charge in [-0.3, -0.25) is 4.79 Å². The van der Waals surface area contributed by atoms with Crippen LogP contribution in [0.15, 0.2) is 72.1 Å². The Morgan fingerprint density at radius 2 is 1.96 bits per heavy atom. The Kier molecular flexibility index (Phi) is 4.95. The molecule has 1 aromatic heterocycles. The summed E-state index contributed by atoms with van der Waals surface area (Å²) in [5, 5.41) is 4.03. The monoisotopic (exact) mass is 333 g/mol. The molecule has 0 saturated carbocycles. The molecule has 25 heavy (non-hydrogen) atoms. The van der Waals surface area contributed by atoms with Crippen molar-refractivity contribution in [1.29, 1.82) is 0 Å². The number of nitrogens with one attached hydrogen (secondary N) is 1. The van der Waals surface area contributed by atoms with E-state index < -0.39 is 0 Å². The number of amides is 1. The Balaban J connectivity index is 1.68. The molecule has 1 N–H and O–H groups in total. The molecule has 1 amide bonds. The number of nitrogens with zero attached hydrogens (tertiary/aromatic N) is 2. The highest BCUT2D eigenvalue weighted by atomic mass is 16.5. The van der Waals surface area contributed by atoms with E-state index in [1.54, 1.807) is 19.4 Å². The van der Waals surface area contributed by atoms with Gasteiger partial charge < -0.3 is 9.30 Å². The third-order valence-electron chi connectivity index (χ3n) is 3.75. The molecule has 0 radical (unpaired) electrons. The summed E-state index contributed by atoms with van der Waals surface area (Å²) < 4.78 is 7.24. The fraction of sp³-hybridized carbons (Fsp3) is 0.100. The van der Waals surface area contributed by atoms with E-state index in [1.807, 2.05) is 72.4 Å². The summed E-state index contributed by atoms with van der Waals surface area (Å²) in [7, 11) is 1.54.